The van der Waals surface area contributed by atoms with Crippen molar-refractivity contribution in [3.05, 3.63) is 53.6 Å². The Balaban J connectivity index is 0.00000111. The number of nitrogens with zero attached hydrogens (tertiary/aromatic N) is 3. The summed E-state index contributed by atoms with van der Waals surface area (Å²) >= 11 is 1.89. The molecule has 2 amide bonds. The predicted octanol–water partition coefficient (Wildman–Crippen LogP) is 7.49. The number of hydrogen-bond acceptors (Lipinski definition) is 7. The highest BCUT2D eigenvalue weighted by atomic mass is 32.2. The summed E-state index contributed by atoms with van der Waals surface area (Å²) in [5.41, 5.74) is 3.51. The van der Waals surface area contributed by atoms with Gasteiger partial charge in [0.05, 0.1) is 42.6 Å². The molecule has 1 saturated heterocycles. The number of hydrogen-bond donors (Lipinski definition) is 1. The van der Waals surface area contributed by atoms with Crippen molar-refractivity contribution < 1.29 is 24.2 Å². The van der Waals surface area contributed by atoms with Gasteiger partial charge in [-0.05, 0) is 54.9 Å². The monoisotopic (exact) mass is 635 g/mol. The number of phenolic OH excluding ortho intramolecular Hbond substituents is 1. The van der Waals surface area contributed by atoms with Gasteiger partial charge in [0.25, 0.3) is 5.91 Å². The van der Waals surface area contributed by atoms with E-state index in [0.717, 1.165) is 72.1 Å². The summed E-state index contributed by atoms with van der Waals surface area (Å²) in [4.78, 5) is 32.3. The molecule has 1 N–H and O–H groups in total. The lowest BCUT2D eigenvalue weighted by Gasteiger charge is -2.28. The maximum absolute atomic E-state index is 13.3. The van der Waals surface area contributed by atoms with Crippen molar-refractivity contribution in [2.75, 3.05) is 56.0 Å². The van der Waals surface area contributed by atoms with E-state index in [-0.39, 0.29) is 22.9 Å². The zero-order valence-electron chi connectivity index (χ0n) is 27.7. The Bertz CT molecular complexity index is 1480. The molecule has 6 rings (SSSR count). The van der Waals surface area contributed by atoms with Gasteiger partial charge in [-0.15, -0.1) is 11.8 Å². The lowest BCUT2D eigenvalue weighted by molar-refractivity contribution is -0.118. The zero-order valence-corrected chi connectivity index (χ0v) is 28.5. The minimum absolute atomic E-state index is 0.0513. The SMILES string of the molecule is CC.CC.COc1cc2c(cc1OCCCCCC(=O)N1CCc3c1cc(O)c1ccccc31)N(C)C1CN(CCCS1)C2=O. The highest BCUT2D eigenvalue weighted by Gasteiger charge is 2.34. The Kier molecular flexibility index (Phi) is 12.3. The summed E-state index contributed by atoms with van der Waals surface area (Å²) in [6, 6.07) is 13.3. The minimum Gasteiger partial charge on any atom is -0.507 e. The Morgan fingerprint density at radius 3 is 2.49 bits per heavy atom. The first-order chi connectivity index (χ1) is 22.0. The second-order valence-electron chi connectivity index (χ2n) is 11.0. The molecule has 1 unspecified atom stereocenters. The third kappa shape index (κ3) is 7.29. The highest BCUT2D eigenvalue weighted by molar-refractivity contribution is 8.00. The number of fused-ring (bicyclic) bond motifs is 6. The quantitative estimate of drug-likeness (QED) is 0.257. The molecule has 45 heavy (non-hydrogen) atoms. The molecule has 2 bridgehead atoms. The maximum atomic E-state index is 13.3. The van der Waals surface area contributed by atoms with Crippen LogP contribution in [0.1, 0.15) is 75.7 Å². The third-order valence-electron chi connectivity index (χ3n) is 8.45. The predicted molar refractivity (Wildman–Crippen MR) is 186 cm³/mol. The lowest BCUT2D eigenvalue weighted by Crippen LogP contribution is -2.38. The van der Waals surface area contributed by atoms with Crippen molar-refractivity contribution in [2.45, 2.75) is 71.6 Å². The van der Waals surface area contributed by atoms with Gasteiger partial charge in [0.2, 0.25) is 5.91 Å². The molecule has 0 aliphatic carbocycles. The van der Waals surface area contributed by atoms with Gasteiger partial charge in [-0.1, -0.05) is 52.0 Å². The molecule has 3 heterocycles. The van der Waals surface area contributed by atoms with Gasteiger partial charge < -0.3 is 29.3 Å². The first kappa shape index (κ1) is 34.3. The van der Waals surface area contributed by atoms with Gasteiger partial charge in [-0.3, -0.25) is 9.59 Å². The van der Waals surface area contributed by atoms with E-state index >= 15 is 0 Å². The van der Waals surface area contributed by atoms with Crippen LogP contribution in [0.15, 0.2) is 42.5 Å². The largest absolute Gasteiger partial charge is 0.507 e. The molecule has 3 aliphatic rings. The summed E-state index contributed by atoms with van der Waals surface area (Å²) in [5.74, 6) is 2.60. The number of thioether (sulfide) groups is 1. The summed E-state index contributed by atoms with van der Waals surface area (Å²) in [7, 11) is 3.65. The van der Waals surface area contributed by atoms with Gasteiger partial charge in [0.1, 0.15) is 5.75 Å². The van der Waals surface area contributed by atoms with Gasteiger partial charge in [0.15, 0.2) is 11.5 Å². The molecule has 1 atom stereocenters. The van der Waals surface area contributed by atoms with E-state index in [1.807, 2.05) is 85.7 Å². The van der Waals surface area contributed by atoms with E-state index in [0.29, 0.717) is 43.2 Å². The average molecular weight is 636 g/mol. The van der Waals surface area contributed by atoms with Gasteiger partial charge >= 0.3 is 0 Å². The molecule has 244 valence electrons. The number of amides is 2. The summed E-state index contributed by atoms with van der Waals surface area (Å²) < 4.78 is 11.8. The molecule has 0 spiro atoms. The van der Waals surface area contributed by atoms with Crippen LogP contribution in [0, 0.1) is 0 Å². The van der Waals surface area contributed by atoms with Gasteiger partial charge in [0, 0.05) is 44.1 Å². The number of phenols is 1. The number of carbonyl (C=O) groups excluding carboxylic acids is 2. The van der Waals surface area contributed by atoms with Crippen molar-refractivity contribution in [1.29, 1.82) is 0 Å². The molecule has 3 aromatic rings. The summed E-state index contributed by atoms with van der Waals surface area (Å²) in [6.07, 6.45) is 4.69. The van der Waals surface area contributed by atoms with E-state index in [2.05, 4.69) is 11.9 Å². The van der Waals surface area contributed by atoms with Crippen LogP contribution in [-0.4, -0.2) is 73.3 Å². The number of aromatic hydroxyl groups is 1. The van der Waals surface area contributed by atoms with Crippen molar-refractivity contribution in [3.8, 4) is 17.2 Å². The Labute approximate surface area is 272 Å². The topological polar surface area (TPSA) is 82.6 Å². The number of carbonyl (C=O) groups is 2. The normalized spacial score (nSPS) is 16.8. The molecule has 0 aromatic heterocycles. The van der Waals surface area contributed by atoms with Crippen LogP contribution < -0.4 is 19.3 Å². The first-order valence-corrected chi connectivity index (χ1v) is 17.5. The fourth-order valence-corrected chi connectivity index (χ4v) is 7.41. The van der Waals surface area contributed by atoms with Crippen LogP contribution in [0.25, 0.3) is 10.8 Å². The minimum atomic E-state index is 0.0513. The fourth-order valence-electron chi connectivity index (χ4n) is 6.22. The Morgan fingerprint density at radius 1 is 0.978 bits per heavy atom. The molecule has 0 radical (unpaired) electrons. The number of benzene rings is 3. The average Bonchev–Trinajstić information content (AvgIpc) is 3.30. The second kappa shape index (κ2) is 16.1. The van der Waals surface area contributed by atoms with Crippen molar-refractivity contribution in [2.24, 2.45) is 0 Å². The molecule has 1 fully saturated rings. The fraction of sp³-hybridized carbons (Fsp3) is 0.500. The maximum Gasteiger partial charge on any atom is 0.256 e. The van der Waals surface area contributed by atoms with Crippen molar-refractivity contribution >= 4 is 45.7 Å². The molecule has 0 saturated carbocycles. The third-order valence-corrected chi connectivity index (χ3v) is 9.83. The van der Waals surface area contributed by atoms with E-state index in [1.54, 1.807) is 13.2 Å². The van der Waals surface area contributed by atoms with Gasteiger partial charge in [-0.25, -0.2) is 0 Å². The lowest BCUT2D eigenvalue weighted by atomic mass is 10.0. The molecule has 3 aromatic carbocycles. The number of likely N-dealkylation sites (N-methyl/N-ethyl adjacent to an activating group) is 1. The second-order valence-corrected chi connectivity index (χ2v) is 12.2. The standard InChI is InChI=1S/C32H37N3O5S.2C2H6/c1-33-25-19-29(28(39-2)17-24(25)32(38)34-13-8-16-41-31(33)20-34)40-15-7-3-4-11-30(37)35-14-12-22-21-9-5-6-10-23(21)27(36)18-26(22)35;2*1-2/h5-6,9-10,17-19,31,36H,3-4,7-8,11-16,20H2,1-2H3;2*1-2H3. The van der Waals surface area contributed by atoms with Crippen LogP contribution in [0.3, 0.4) is 0 Å². The summed E-state index contributed by atoms with van der Waals surface area (Å²) in [5, 5.41) is 12.6. The number of methoxy groups -OCH3 is 1. The van der Waals surface area contributed by atoms with Crippen LogP contribution in [0.5, 0.6) is 17.2 Å². The van der Waals surface area contributed by atoms with E-state index < -0.39 is 0 Å². The number of rotatable bonds is 8. The summed E-state index contributed by atoms with van der Waals surface area (Å²) in [6.45, 7) is 10.6. The van der Waals surface area contributed by atoms with Crippen molar-refractivity contribution in [3.63, 3.8) is 0 Å². The van der Waals surface area contributed by atoms with Crippen LogP contribution in [-0.2, 0) is 11.2 Å². The van der Waals surface area contributed by atoms with Crippen LogP contribution in [0.4, 0.5) is 11.4 Å². The first-order valence-electron chi connectivity index (χ1n) is 16.5. The zero-order chi connectivity index (χ0) is 32.5. The number of anilines is 2. The molecular weight excluding hydrogens is 586 g/mol. The number of unbranched alkanes of at least 4 members (excludes halogenated alkanes) is 2. The van der Waals surface area contributed by atoms with E-state index in [1.165, 1.54) is 0 Å². The van der Waals surface area contributed by atoms with Crippen molar-refractivity contribution in [1.82, 2.24) is 4.90 Å². The smallest absolute Gasteiger partial charge is 0.256 e. The molecular formula is C36H49N3O5S. The molecule has 3 aliphatic heterocycles. The number of ether oxygens (including phenoxy) is 2. The van der Waals surface area contributed by atoms with E-state index in [4.69, 9.17) is 9.47 Å². The molecule has 8 nitrogen and oxygen atoms in total. The Morgan fingerprint density at radius 2 is 1.73 bits per heavy atom. The van der Waals surface area contributed by atoms with Crippen LogP contribution in [0.2, 0.25) is 0 Å². The van der Waals surface area contributed by atoms with E-state index in [9.17, 15) is 14.7 Å². The highest BCUT2D eigenvalue weighted by Crippen LogP contribution is 2.41. The molecule has 9 heteroatoms. The van der Waals surface area contributed by atoms with Crippen LogP contribution >= 0.6 is 11.8 Å². The Hall–Kier alpha value is -3.59. The van der Waals surface area contributed by atoms with Gasteiger partial charge in [-0.2, -0.15) is 0 Å².